The first-order valence-electron chi connectivity index (χ1n) is 5.99. The first kappa shape index (κ1) is 16.2. The maximum absolute atomic E-state index is 11.2. The summed E-state index contributed by atoms with van der Waals surface area (Å²) in [6, 6.07) is 2.42. The first-order valence-corrected chi connectivity index (χ1v) is 9.06. The van der Waals surface area contributed by atoms with Crippen molar-refractivity contribution in [3.05, 3.63) is 22.2 Å². The van der Waals surface area contributed by atoms with E-state index >= 15 is 0 Å². The fourth-order valence-electron chi connectivity index (χ4n) is 2.00. The van der Waals surface area contributed by atoms with Gasteiger partial charge in [0.1, 0.15) is 6.61 Å². The maximum Gasteiger partial charge on any atom is 0.261 e. The van der Waals surface area contributed by atoms with Gasteiger partial charge in [-0.3, -0.25) is 0 Å². The molecule has 0 saturated carbocycles. The maximum atomic E-state index is 11.2. The van der Waals surface area contributed by atoms with Gasteiger partial charge in [-0.25, -0.2) is 8.42 Å². The summed E-state index contributed by atoms with van der Waals surface area (Å²) >= 11 is 12.0. The van der Waals surface area contributed by atoms with Crippen LogP contribution in [0.2, 0.25) is 10.0 Å². The van der Waals surface area contributed by atoms with E-state index in [0.29, 0.717) is 6.61 Å². The molecule has 0 aliphatic carbocycles. The fourth-order valence-corrected chi connectivity index (χ4v) is 3.51. The Labute approximate surface area is 132 Å². The van der Waals surface area contributed by atoms with Gasteiger partial charge in [-0.05, 0) is 31.9 Å². The Hall–Kier alpha value is -0.200. The summed E-state index contributed by atoms with van der Waals surface area (Å²) in [5.41, 5.74) is 0. The van der Waals surface area contributed by atoms with Crippen LogP contribution in [0.4, 0.5) is 0 Å². The van der Waals surface area contributed by atoms with E-state index in [2.05, 4.69) is 0 Å². The lowest BCUT2D eigenvalue weighted by atomic mass is 10.2. The zero-order chi connectivity index (χ0) is 14.9. The Morgan fingerprint density at radius 1 is 1.30 bits per heavy atom. The Balaban J connectivity index is 2.13. The Kier molecular flexibility index (Phi) is 5.08. The molecule has 1 aromatic carbocycles. The van der Waals surface area contributed by atoms with Crippen molar-refractivity contribution >= 4 is 42.9 Å². The molecule has 1 saturated heterocycles. The summed E-state index contributed by atoms with van der Waals surface area (Å²) in [4.78, 5) is -0.160. The molecule has 1 aromatic rings. The standard InChI is InChI=1S/C12H13Cl3O4S/c1-7-2-3-8(19-7)6-18-12-10(13)4-9(5-11(12)14)20(15,16)17/h4-5,7-8H,2-3,6H2,1H3. The SMILES string of the molecule is CC1CCC(COc2c(Cl)cc(S(=O)(=O)Cl)cc2Cl)O1. The minimum atomic E-state index is -3.88. The molecular weight excluding hydrogens is 347 g/mol. The van der Waals surface area contributed by atoms with E-state index in [0.717, 1.165) is 12.8 Å². The minimum Gasteiger partial charge on any atom is -0.488 e. The topological polar surface area (TPSA) is 52.6 Å². The number of hydrogen-bond acceptors (Lipinski definition) is 4. The molecule has 0 aromatic heterocycles. The number of ether oxygens (including phenoxy) is 2. The van der Waals surface area contributed by atoms with E-state index in [4.69, 9.17) is 43.4 Å². The summed E-state index contributed by atoms with van der Waals surface area (Å²) in [6.45, 7) is 2.32. The van der Waals surface area contributed by atoms with Crippen LogP contribution in [0.15, 0.2) is 17.0 Å². The van der Waals surface area contributed by atoms with Crippen LogP contribution in [0.1, 0.15) is 19.8 Å². The highest BCUT2D eigenvalue weighted by atomic mass is 35.7. The third-order valence-electron chi connectivity index (χ3n) is 2.99. The van der Waals surface area contributed by atoms with E-state index in [1.54, 1.807) is 0 Å². The second kappa shape index (κ2) is 6.28. The summed E-state index contributed by atoms with van der Waals surface area (Å²) < 4.78 is 33.6. The largest absolute Gasteiger partial charge is 0.488 e. The number of benzene rings is 1. The molecule has 0 bridgehead atoms. The van der Waals surface area contributed by atoms with Crippen LogP contribution < -0.4 is 4.74 Å². The monoisotopic (exact) mass is 358 g/mol. The van der Waals surface area contributed by atoms with Crippen LogP contribution in [0.5, 0.6) is 5.75 Å². The van der Waals surface area contributed by atoms with E-state index < -0.39 is 9.05 Å². The zero-order valence-electron chi connectivity index (χ0n) is 10.6. The van der Waals surface area contributed by atoms with Crippen molar-refractivity contribution in [3.63, 3.8) is 0 Å². The van der Waals surface area contributed by atoms with Gasteiger partial charge in [-0.1, -0.05) is 23.2 Å². The average molecular weight is 360 g/mol. The average Bonchev–Trinajstić information content (AvgIpc) is 2.72. The predicted octanol–water partition coefficient (Wildman–Crippen LogP) is 3.87. The molecule has 0 spiro atoms. The van der Waals surface area contributed by atoms with Crippen molar-refractivity contribution < 1.29 is 17.9 Å². The lowest BCUT2D eigenvalue weighted by molar-refractivity contribution is 0.0265. The highest BCUT2D eigenvalue weighted by Gasteiger charge is 2.23. The van der Waals surface area contributed by atoms with Crippen molar-refractivity contribution in [1.82, 2.24) is 0 Å². The van der Waals surface area contributed by atoms with Gasteiger partial charge in [0.25, 0.3) is 9.05 Å². The first-order chi connectivity index (χ1) is 9.27. The van der Waals surface area contributed by atoms with Gasteiger partial charge in [-0.15, -0.1) is 0 Å². The number of halogens is 3. The second-order valence-electron chi connectivity index (χ2n) is 4.61. The minimum absolute atomic E-state index is 0.00595. The second-order valence-corrected chi connectivity index (χ2v) is 7.99. The van der Waals surface area contributed by atoms with Crippen LogP contribution in [0, 0.1) is 0 Å². The molecule has 2 rings (SSSR count). The molecule has 2 unspecified atom stereocenters. The van der Waals surface area contributed by atoms with Crippen molar-refractivity contribution in [1.29, 1.82) is 0 Å². The summed E-state index contributed by atoms with van der Waals surface area (Å²) in [5.74, 6) is 0.237. The van der Waals surface area contributed by atoms with E-state index in [9.17, 15) is 8.42 Å². The molecule has 1 aliphatic rings. The molecule has 1 heterocycles. The van der Waals surface area contributed by atoms with Gasteiger partial charge >= 0.3 is 0 Å². The number of hydrogen-bond donors (Lipinski definition) is 0. The smallest absolute Gasteiger partial charge is 0.261 e. The van der Waals surface area contributed by atoms with Gasteiger partial charge in [-0.2, -0.15) is 0 Å². The molecule has 0 radical (unpaired) electrons. The lowest BCUT2D eigenvalue weighted by Crippen LogP contribution is -2.18. The summed E-state index contributed by atoms with van der Waals surface area (Å²) in [7, 11) is 1.37. The molecule has 2 atom stereocenters. The van der Waals surface area contributed by atoms with E-state index in [1.165, 1.54) is 12.1 Å². The van der Waals surface area contributed by atoms with Gasteiger partial charge < -0.3 is 9.47 Å². The van der Waals surface area contributed by atoms with Gasteiger partial charge in [0.2, 0.25) is 0 Å². The van der Waals surface area contributed by atoms with Crippen LogP contribution in [-0.4, -0.2) is 27.2 Å². The lowest BCUT2D eigenvalue weighted by Gasteiger charge is -2.15. The van der Waals surface area contributed by atoms with Gasteiger partial charge in [0, 0.05) is 10.7 Å². The molecule has 20 heavy (non-hydrogen) atoms. The molecular formula is C12H13Cl3O4S. The van der Waals surface area contributed by atoms with Crippen LogP contribution >= 0.6 is 33.9 Å². The summed E-state index contributed by atoms with van der Waals surface area (Å²) in [6.07, 6.45) is 2.11. The third kappa shape index (κ3) is 3.92. The molecule has 0 amide bonds. The molecule has 0 N–H and O–H groups in total. The van der Waals surface area contributed by atoms with Crippen molar-refractivity contribution in [2.45, 2.75) is 36.9 Å². The third-order valence-corrected chi connectivity index (χ3v) is 4.88. The molecule has 1 aliphatic heterocycles. The highest BCUT2D eigenvalue weighted by Crippen LogP contribution is 2.37. The Morgan fingerprint density at radius 3 is 2.35 bits per heavy atom. The fraction of sp³-hybridized carbons (Fsp3) is 0.500. The molecule has 1 fully saturated rings. The Morgan fingerprint density at radius 2 is 1.90 bits per heavy atom. The van der Waals surface area contributed by atoms with E-state index in [-0.39, 0.29) is 32.9 Å². The van der Waals surface area contributed by atoms with Crippen molar-refractivity contribution in [2.75, 3.05) is 6.61 Å². The normalized spacial score (nSPS) is 23.0. The van der Waals surface area contributed by atoms with Gasteiger partial charge in [0.05, 0.1) is 27.1 Å². The zero-order valence-corrected chi connectivity index (χ0v) is 13.7. The van der Waals surface area contributed by atoms with Crippen LogP contribution in [-0.2, 0) is 13.8 Å². The quantitative estimate of drug-likeness (QED) is 0.766. The Bertz CT molecular complexity index is 580. The van der Waals surface area contributed by atoms with Gasteiger partial charge in [0.15, 0.2) is 5.75 Å². The van der Waals surface area contributed by atoms with E-state index in [1.807, 2.05) is 6.92 Å². The number of rotatable bonds is 4. The molecule has 8 heteroatoms. The summed E-state index contributed by atoms with van der Waals surface area (Å²) in [5, 5.41) is 0.200. The highest BCUT2D eigenvalue weighted by molar-refractivity contribution is 8.13. The molecule has 112 valence electrons. The van der Waals surface area contributed by atoms with Crippen LogP contribution in [0.25, 0.3) is 0 Å². The molecule has 4 nitrogen and oxygen atoms in total. The van der Waals surface area contributed by atoms with Crippen molar-refractivity contribution in [3.8, 4) is 5.75 Å². The van der Waals surface area contributed by atoms with Crippen LogP contribution in [0.3, 0.4) is 0 Å². The van der Waals surface area contributed by atoms with Crippen molar-refractivity contribution in [2.24, 2.45) is 0 Å². The predicted molar refractivity (Wildman–Crippen MR) is 78.6 cm³/mol.